The summed E-state index contributed by atoms with van der Waals surface area (Å²) in [4.78, 5) is 24.8. The molecule has 0 spiro atoms. The largest absolute Gasteiger partial charge is 0.472 e. The number of carbonyl (C=O) groups excluding carboxylic acids is 2. The van der Waals surface area contributed by atoms with Crippen LogP contribution in [0, 0.1) is 5.41 Å². The van der Waals surface area contributed by atoms with Gasteiger partial charge in [0.05, 0.1) is 24.0 Å². The molecule has 26 heavy (non-hydrogen) atoms. The van der Waals surface area contributed by atoms with E-state index in [1.807, 2.05) is 19.9 Å². The van der Waals surface area contributed by atoms with Crippen molar-refractivity contribution in [2.45, 2.75) is 57.8 Å². The molecule has 1 saturated heterocycles. The molecule has 1 aromatic heterocycles. The monoisotopic (exact) mass is 358 g/mol. The van der Waals surface area contributed by atoms with E-state index in [1.54, 1.807) is 18.6 Å². The molecule has 6 heteroatoms. The van der Waals surface area contributed by atoms with Crippen molar-refractivity contribution in [3.63, 3.8) is 0 Å². The Morgan fingerprint density at radius 2 is 2.08 bits per heavy atom. The maximum atomic E-state index is 12.6. The van der Waals surface area contributed by atoms with Crippen LogP contribution in [0.25, 0.3) is 0 Å². The highest BCUT2D eigenvalue weighted by atomic mass is 16.6. The minimum atomic E-state index is -0.787. The number of hydrogen-bond donors (Lipinski definition) is 1. The number of furan rings is 1. The maximum absolute atomic E-state index is 12.6. The van der Waals surface area contributed by atoms with E-state index in [1.165, 1.54) is 0 Å². The van der Waals surface area contributed by atoms with Crippen molar-refractivity contribution in [1.29, 1.82) is 0 Å². The average molecular weight is 358 g/mol. The van der Waals surface area contributed by atoms with Gasteiger partial charge >= 0.3 is 11.9 Å². The first kappa shape index (κ1) is 17.1. The second-order valence-corrected chi connectivity index (χ2v) is 7.51. The van der Waals surface area contributed by atoms with Gasteiger partial charge < -0.3 is 19.0 Å². The number of carbonyl (C=O) groups is 2. The lowest BCUT2D eigenvalue weighted by Crippen LogP contribution is -2.43. The quantitative estimate of drug-likeness (QED) is 0.836. The van der Waals surface area contributed by atoms with Crippen LogP contribution in [0.15, 0.2) is 45.8 Å². The van der Waals surface area contributed by atoms with Gasteiger partial charge in [-0.1, -0.05) is 11.6 Å². The Hall–Kier alpha value is -2.34. The van der Waals surface area contributed by atoms with E-state index < -0.39 is 29.6 Å². The lowest BCUT2D eigenvalue weighted by atomic mass is 9.68. The van der Waals surface area contributed by atoms with E-state index in [0.29, 0.717) is 30.4 Å². The maximum Gasteiger partial charge on any atom is 0.334 e. The number of ether oxygens (including phenoxy) is 2. The molecule has 138 valence electrons. The minimum Gasteiger partial charge on any atom is -0.472 e. The second kappa shape index (κ2) is 6.13. The molecular weight excluding hydrogens is 336 g/mol. The third kappa shape index (κ3) is 2.51. The Morgan fingerprint density at radius 1 is 1.27 bits per heavy atom. The Kier molecular flexibility index (Phi) is 4.03. The Labute approximate surface area is 151 Å². The first-order valence-corrected chi connectivity index (χ1v) is 8.92. The Balaban J connectivity index is 1.60. The summed E-state index contributed by atoms with van der Waals surface area (Å²) < 4.78 is 16.2. The fourth-order valence-electron chi connectivity index (χ4n) is 4.25. The average Bonchev–Trinajstić information content (AvgIpc) is 3.20. The van der Waals surface area contributed by atoms with Gasteiger partial charge in [0, 0.05) is 29.6 Å². The number of esters is 2. The molecule has 3 heterocycles. The van der Waals surface area contributed by atoms with E-state index in [4.69, 9.17) is 13.9 Å². The van der Waals surface area contributed by atoms with Crippen LogP contribution in [-0.2, 0) is 19.1 Å². The highest BCUT2D eigenvalue weighted by Gasteiger charge is 2.55. The molecule has 6 nitrogen and oxygen atoms in total. The van der Waals surface area contributed by atoms with Gasteiger partial charge in [-0.15, -0.1) is 0 Å². The van der Waals surface area contributed by atoms with Gasteiger partial charge in [0.1, 0.15) is 12.2 Å². The summed E-state index contributed by atoms with van der Waals surface area (Å²) in [5, 5.41) is 10.5. The van der Waals surface area contributed by atoms with Crippen LogP contribution in [0.4, 0.5) is 0 Å². The predicted octanol–water partition coefficient (Wildman–Crippen LogP) is 2.99. The van der Waals surface area contributed by atoms with Gasteiger partial charge in [-0.05, 0) is 32.8 Å². The van der Waals surface area contributed by atoms with Gasteiger partial charge in [0.15, 0.2) is 0 Å². The summed E-state index contributed by atoms with van der Waals surface area (Å²) in [5.41, 5.74) is 2.01. The van der Waals surface area contributed by atoms with Crippen molar-refractivity contribution in [3.05, 3.63) is 47.0 Å². The van der Waals surface area contributed by atoms with Gasteiger partial charge in [0.2, 0.25) is 0 Å². The van der Waals surface area contributed by atoms with E-state index >= 15 is 0 Å². The molecule has 0 saturated carbocycles. The van der Waals surface area contributed by atoms with Crippen LogP contribution in [-0.4, -0.2) is 29.3 Å². The topological polar surface area (TPSA) is 86.0 Å². The summed E-state index contributed by atoms with van der Waals surface area (Å²) in [7, 11) is 0. The standard InChI is InChI=1S/C20H22O6/c1-11-8-15(12-6-7-24-10-12)25-18(22)13(11)9-17-20(2)14(19(23)26-17)4-3-5-16(20)21/h4,6-7,10,15-17,21H,3,5,8-9H2,1-2H3/t15-,16+,17-,20+/m0/s1. The number of rotatable bonds is 3. The molecule has 0 bridgehead atoms. The van der Waals surface area contributed by atoms with Crippen LogP contribution in [0.1, 0.15) is 51.2 Å². The SMILES string of the molecule is CC1=C(C[C@@H]2OC(=O)C3=CCC[C@@H](O)[C@@]32C)C(=O)O[C@H](c2ccoc2)C1. The van der Waals surface area contributed by atoms with Gasteiger partial charge in [-0.2, -0.15) is 0 Å². The first-order chi connectivity index (χ1) is 12.4. The fraction of sp³-hybridized carbons (Fsp3) is 0.500. The van der Waals surface area contributed by atoms with Crippen molar-refractivity contribution in [3.8, 4) is 0 Å². The number of aliphatic hydroxyl groups is 1. The molecule has 1 aliphatic carbocycles. The third-order valence-electron chi connectivity index (χ3n) is 6.01. The minimum absolute atomic E-state index is 0.249. The van der Waals surface area contributed by atoms with Crippen LogP contribution < -0.4 is 0 Å². The molecule has 0 aromatic carbocycles. The molecule has 0 radical (unpaired) electrons. The number of allylic oxidation sites excluding steroid dienone is 1. The molecule has 1 N–H and O–H groups in total. The predicted molar refractivity (Wildman–Crippen MR) is 90.8 cm³/mol. The molecule has 2 aliphatic heterocycles. The molecule has 1 fully saturated rings. The molecule has 4 rings (SSSR count). The van der Waals surface area contributed by atoms with E-state index in [0.717, 1.165) is 11.1 Å². The van der Waals surface area contributed by atoms with Crippen molar-refractivity contribution in [1.82, 2.24) is 0 Å². The molecule has 4 atom stereocenters. The summed E-state index contributed by atoms with van der Waals surface area (Å²) in [6.45, 7) is 3.74. The molecule has 0 amide bonds. The highest BCUT2D eigenvalue weighted by Crippen LogP contribution is 2.49. The van der Waals surface area contributed by atoms with Crippen molar-refractivity contribution < 1.29 is 28.6 Å². The molecule has 1 aromatic rings. The molecule has 0 unspecified atom stereocenters. The normalized spacial score (nSPS) is 34.3. The van der Waals surface area contributed by atoms with Gasteiger partial charge in [-0.3, -0.25) is 0 Å². The summed E-state index contributed by atoms with van der Waals surface area (Å²) in [5.74, 6) is -0.794. The van der Waals surface area contributed by atoms with Crippen molar-refractivity contribution in [2.24, 2.45) is 5.41 Å². The van der Waals surface area contributed by atoms with Crippen molar-refractivity contribution >= 4 is 11.9 Å². The Bertz CT molecular complexity index is 802. The number of aliphatic hydroxyl groups excluding tert-OH is 1. The van der Waals surface area contributed by atoms with E-state index in [9.17, 15) is 14.7 Å². The lowest BCUT2D eigenvalue weighted by molar-refractivity contribution is -0.149. The lowest BCUT2D eigenvalue weighted by Gasteiger charge is -2.37. The highest BCUT2D eigenvalue weighted by molar-refractivity contribution is 5.94. The zero-order valence-corrected chi connectivity index (χ0v) is 14.9. The Morgan fingerprint density at radius 3 is 2.77 bits per heavy atom. The number of fused-ring (bicyclic) bond motifs is 1. The fourth-order valence-corrected chi connectivity index (χ4v) is 4.25. The number of hydrogen-bond acceptors (Lipinski definition) is 6. The van der Waals surface area contributed by atoms with Crippen LogP contribution >= 0.6 is 0 Å². The zero-order chi connectivity index (χ0) is 18.5. The first-order valence-electron chi connectivity index (χ1n) is 8.92. The van der Waals surface area contributed by atoms with Crippen LogP contribution in [0.3, 0.4) is 0 Å². The van der Waals surface area contributed by atoms with E-state index in [2.05, 4.69) is 0 Å². The third-order valence-corrected chi connectivity index (χ3v) is 6.01. The summed E-state index contributed by atoms with van der Waals surface area (Å²) in [6.07, 6.45) is 5.44. The smallest absolute Gasteiger partial charge is 0.334 e. The van der Waals surface area contributed by atoms with Gasteiger partial charge in [-0.25, -0.2) is 9.59 Å². The van der Waals surface area contributed by atoms with Gasteiger partial charge in [0.25, 0.3) is 0 Å². The van der Waals surface area contributed by atoms with E-state index in [-0.39, 0.29) is 12.5 Å². The van der Waals surface area contributed by atoms with Crippen molar-refractivity contribution in [2.75, 3.05) is 0 Å². The zero-order valence-electron chi connectivity index (χ0n) is 14.9. The number of cyclic esters (lactones) is 2. The van der Waals surface area contributed by atoms with Crippen LogP contribution in [0.2, 0.25) is 0 Å². The molecular formula is C20H22O6. The second-order valence-electron chi connectivity index (χ2n) is 7.51. The molecule has 3 aliphatic rings. The summed E-state index contributed by atoms with van der Waals surface area (Å²) >= 11 is 0. The summed E-state index contributed by atoms with van der Waals surface area (Å²) in [6, 6.07) is 1.78. The van der Waals surface area contributed by atoms with Crippen LogP contribution in [0.5, 0.6) is 0 Å².